The number of pyridine rings is 1. The number of nitrogens with zero attached hydrogens (tertiary/aromatic N) is 1. The summed E-state index contributed by atoms with van der Waals surface area (Å²) < 4.78 is 1.09. The van der Waals surface area contributed by atoms with Gasteiger partial charge in [-0.3, -0.25) is 9.78 Å². The summed E-state index contributed by atoms with van der Waals surface area (Å²) in [5, 5.41) is 9.51. The van der Waals surface area contributed by atoms with E-state index in [2.05, 4.69) is 27.8 Å². The highest BCUT2D eigenvalue weighted by atomic mass is 35.5. The first-order valence-corrected chi connectivity index (χ1v) is 8.58. The minimum Gasteiger partial charge on any atom is -0.324 e. The third kappa shape index (κ3) is 3.96. The Balaban J connectivity index is 0.00000113. The lowest BCUT2D eigenvalue weighted by molar-refractivity contribution is -0.119. The second-order valence-electron chi connectivity index (χ2n) is 5.79. The predicted molar refractivity (Wildman–Crippen MR) is 108 cm³/mol. The normalized spacial score (nSPS) is 19.0. The number of hydrogen-bond acceptors (Lipinski definition) is 4. The molecule has 0 radical (unpaired) electrons. The molecule has 2 atom stereocenters. The average Bonchev–Trinajstić information content (AvgIpc) is 3.23. The van der Waals surface area contributed by atoms with E-state index in [-0.39, 0.29) is 42.6 Å². The van der Waals surface area contributed by atoms with Gasteiger partial charge in [0.2, 0.25) is 5.91 Å². The van der Waals surface area contributed by atoms with E-state index in [0.717, 1.165) is 28.9 Å². The van der Waals surface area contributed by atoms with Crippen molar-refractivity contribution in [2.24, 2.45) is 5.92 Å². The van der Waals surface area contributed by atoms with E-state index in [1.54, 1.807) is 17.5 Å². The van der Waals surface area contributed by atoms with E-state index in [0.29, 0.717) is 0 Å². The molecule has 0 spiro atoms. The van der Waals surface area contributed by atoms with E-state index in [1.165, 1.54) is 5.56 Å². The number of carbonyl (C=O) groups is 1. The Morgan fingerprint density at radius 3 is 2.76 bits per heavy atom. The van der Waals surface area contributed by atoms with Crippen LogP contribution in [0.25, 0.3) is 10.1 Å². The van der Waals surface area contributed by atoms with Gasteiger partial charge in [0.25, 0.3) is 0 Å². The van der Waals surface area contributed by atoms with Crippen LogP contribution < -0.4 is 10.6 Å². The molecule has 0 saturated carbocycles. The molecule has 1 amide bonds. The minimum atomic E-state index is -0.0470. The quantitative estimate of drug-likeness (QED) is 0.702. The van der Waals surface area contributed by atoms with Crippen molar-refractivity contribution in [2.45, 2.75) is 5.92 Å². The summed E-state index contributed by atoms with van der Waals surface area (Å²) in [6.07, 6.45) is 3.59. The Hall–Kier alpha value is -1.66. The van der Waals surface area contributed by atoms with Crippen LogP contribution in [0.1, 0.15) is 11.5 Å². The van der Waals surface area contributed by atoms with Crippen molar-refractivity contribution in [3.63, 3.8) is 0 Å². The first-order valence-electron chi connectivity index (χ1n) is 7.70. The summed E-state index contributed by atoms with van der Waals surface area (Å²) in [4.78, 5) is 16.9. The first kappa shape index (κ1) is 19.7. The maximum Gasteiger partial charge on any atom is 0.229 e. The van der Waals surface area contributed by atoms with Gasteiger partial charge in [-0.2, -0.15) is 0 Å². The third-order valence-electron chi connectivity index (χ3n) is 4.41. The van der Waals surface area contributed by atoms with Crippen LogP contribution in [0.3, 0.4) is 0 Å². The molecule has 4 rings (SSSR count). The third-order valence-corrected chi connectivity index (χ3v) is 5.35. The molecule has 1 saturated heterocycles. The smallest absolute Gasteiger partial charge is 0.229 e. The number of carbonyl (C=O) groups excluding carboxylic acids is 1. The number of rotatable bonds is 3. The number of amides is 1. The predicted octanol–water partition coefficient (Wildman–Crippen LogP) is 4.08. The van der Waals surface area contributed by atoms with Crippen molar-refractivity contribution in [1.29, 1.82) is 0 Å². The maximum atomic E-state index is 12.8. The van der Waals surface area contributed by atoms with Gasteiger partial charge in [-0.15, -0.1) is 36.2 Å². The van der Waals surface area contributed by atoms with Crippen molar-refractivity contribution in [3.8, 4) is 0 Å². The van der Waals surface area contributed by atoms with E-state index in [1.807, 2.05) is 35.8 Å². The van der Waals surface area contributed by atoms with Gasteiger partial charge in [0.15, 0.2) is 0 Å². The number of fused-ring (bicyclic) bond motifs is 1. The zero-order valence-corrected chi connectivity index (χ0v) is 15.8. The minimum absolute atomic E-state index is 0. The zero-order chi connectivity index (χ0) is 15.6. The highest BCUT2D eigenvalue weighted by Crippen LogP contribution is 2.32. The van der Waals surface area contributed by atoms with Crippen molar-refractivity contribution in [3.05, 3.63) is 59.7 Å². The zero-order valence-electron chi connectivity index (χ0n) is 13.3. The molecule has 3 heterocycles. The number of benzene rings is 1. The summed E-state index contributed by atoms with van der Waals surface area (Å²) >= 11 is 1.60. The standard InChI is InChI=1S/C18H17N3OS.2ClH/c22-18(21-16-11-23-17-10-19-7-6-13(16)17)15-9-20-8-14(15)12-4-2-1-3-5-12;;/h1-7,10-11,14-15,20H,8-9H2,(H,21,22);2*1H/t14-,15+;;/m1../s1. The molecule has 3 aromatic rings. The molecule has 0 bridgehead atoms. The van der Waals surface area contributed by atoms with Gasteiger partial charge >= 0.3 is 0 Å². The van der Waals surface area contributed by atoms with Gasteiger partial charge in [0.05, 0.1) is 16.3 Å². The van der Waals surface area contributed by atoms with Crippen molar-refractivity contribution in [1.82, 2.24) is 10.3 Å². The summed E-state index contributed by atoms with van der Waals surface area (Å²) in [5.41, 5.74) is 2.10. The fourth-order valence-corrected chi connectivity index (χ4v) is 4.07. The topological polar surface area (TPSA) is 54.0 Å². The van der Waals surface area contributed by atoms with Crippen LogP contribution in [0, 0.1) is 5.92 Å². The summed E-state index contributed by atoms with van der Waals surface area (Å²) in [5.74, 6) is 0.261. The second kappa shape index (κ2) is 8.63. The van der Waals surface area contributed by atoms with Crippen molar-refractivity contribution in [2.75, 3.05) is 18.4 Å². The van der Waals surface area contributed by atoms with Gasteiger partial charge in [-0.05, 0) is 11.6 Å². The number of halogens is 2. The molecule has 0 unspecified atom stereocenters. The van der Waals surface area contributed by atoms with Crippen molar-refractivity contribution >= 4 is 57.8 Å². The first-order chi connectivity index (χ1) is 11.3. The largest absolute Gasteiger partial charge is 0.324 e. The summed E-state index contributed by atoms with van der Waals surface area (Å²) in [6, 6.07) is 12.2. The van der Waals surface area contributed by atoms with Gasteiger partial charge in [0, 0.05) is 42.2 Å². The Labute approximate surface area is 162 Å². The molecule has 1 fully saturated rings. The second-order valence-corrected chi connectivity index (χ2v) is 6.70. The molecule has 7 heteroatoms. The number of anilines is 1. The van der Waals surface area contributed by atoms with Crippen LogP contribution in [-0.2, 0) is 4.79 Å². The molecule has 2 aromatic heterocycles. The highest BCUT2D eigenvalue weighted by molar-refractivity contribution is 7.17. The Bertz CT molecular complexity index is 840. The molecule has 1 aliphatic heterocycles. The van der Waals surface area contributed by atoms with E-state index < -0.39 is 0 Å². The molecule has 2 N–H and O–H groups in total. The van der Waals surface area contributed by atoms with Crippen molar-refractivity contribution < 1.29 is 4.79 Å². The lowest BCUT2D eigenvalue weighted by Crippen LogP contribution is -2.28. The van der Waals surface area contributed by atoms with Crippen LogP contribution in [0.15, 0.2) is 54.2 Å². The molecule has 1 aromatic carbocycles. The SMILES string of the molecule is Cl.Cl.O=C(Nc1csc2cnccc12)[C@H]1CNC[C@@H]1c1ccccc1. The Kier molecular flexibility index (Phi) is 6.79. The number of aromatic nitrogens is 1. The van der Waals surface area contributed by atoms with Crippen LogP contribution in [-0.4, -0.2) is 24.0 Å². The summed E-state index contributed by atoms with van der Waals surface area (Å²) in [6.45, 7) is 1.56. The van der Waals surface area contributed by atoms with Gasteiger partial charge in [0.1, 0.15) is 0 Å². The molecular weight excluding hydrogens is 377 g/mol. The van der Waals surface area contributed by atoms with E-state index in [9.17, 15) is 4.79 Å². The number of nitrogens with one attached hydrogen (secondary N) is 2. The highest BCUT2D eigenvalue weighted by Gasteiger charge is 2.34. The fourth-order valence-electron chi connectivity index (χ4n) is 3.21. The lowest BCUT2D eigenvalue weighted by atomic mass is 9.88. The van der Waals surface area contributed by atoms with Gasteiger partial charge < -0.3 is 10.6 Å². The molecule has 25 heavy (non-hydrogen) atoms. The van der Waals surface area contributed by atoms with Gasteiger partial charge in [-0.1, -0.05) is 30.3 Å². The van der Waals surface area contributed by atoms with Crippen LogP contribution in [0.2, 0.25) is 0 Å². The maximum absolute atomic E-state index is 12.8. The molecule has 132 valence electrons. The van der Waals surface area contributed by atoms with E-state index in [4.69, 9.17) is 0 Å². The molecular formula is C18H19Cl2N3OS. The molecule has 1 aliphatic rings. The fraction of sp³-hybridized carbons (Fsp3) is 0.222. The average molecular weight is 396 g/mol. The summed E-state index contributed by atoms with van der Waals surface area (Å²) in [7, 11) is 0. The number of thiophene rings is 1. The van der Waals surface area contributed by atoms with E-state index >= 15 is 0 Å². The van der Waals surface area contributed by atoms with Gasteiger partial charge in [-0.25, -0.2) is 0 Å². The van der Waals surface area contributed by atoms with Crippen LogP contribution >= 0.6 is 36.2 Å². The Morgan fingerprint density at radius 1 is 1.16 bits per heavy atom. The lowest BCUT2D eigenvalue weighted by Gasteiger charge is -2.18. The number of hydrogen-bond donors (Lipinski definition) is 2. The molecule has 4 nitrogen and oxygen atoms in total. The van der Waals surface area contributed by atoms with Crippen LogP contribution in [0.5, 0.6) is 0 Å². The molecule has 0 aliphatic carbocycles. The monoisotopic (exact) mass is 395 g/mol. The van der Waals surface area contributed by atoms with Crippen LogP contribution in [0.4, 0.5) is 5.69 Å². The Morgan fingerprint density at radius 2 is 1.96 bits per heavy atom.